The molecule has 0 aliphatic rings. The molecule has 0 saturated heterocycles. The van der Waals surface area contributed by atoms with Crippen molar-refractivity contribution in [3.8, 4) is 17.1 Å². The number of nitrogens with one attached hydrogen (secondary N) is 1. The molecule has 0 unspecified atom stereocenters. The molecule has 1 heterocycles. The van der Waals surface area contributed by atoms with Gasteiger partial charge >= 0.3 is 0 Å². The molecule has 4 rings (SSSR count). The monoisotopic (exact) mass is 432 g/mol. The number of hydrogen-bond donors (Lipinski definition) is 1. The number of aromatic nitrogens is 3. The molecule has 1 N–H and O–H groups in total. The lowest BCUT2D eigenvalue weighted by molar-refractivity contribution is -0.113. The number of halogens is 1. The van der Waals surface area contributed by atoms with Gasteiger partial charge in [-0.15, -0.1) is 10.2 Å². The van der Waals surface area contributed by atoms with E-state index in [-0.39, 0.29) is 17.5 Å². The van der Waals surface area contributed by atoms with Crippen molar-refractivity contribution in [2.24, 2.45) is 0 Å². The molecule has 1 amide bonds. The van der Waals surface area contributed by atoms with Crippen LogP contribution in [0.2, 0.25) is 0 Å². The summed E-state index contributed by atoms with van der Waals surface area (Å²) in [5, 5.41) is 11.9. The Morgan fingerprint density at radius 2 is 1.74 bits per heavy atom. The van der Waals surface area contributed by atoms with Crippen molar-refractivity contribution in [2.45, 2.75) is 19.0 Å². The molecule has 0 bridgehead atoms. The molecule has 0 fully saturated rings. The molecular weight excluding hydrogens is 411 g/mol. The quantitative estimate of drug-likeness (QED) is 0.413. The van der Waals surface area contributed by atoms with Crippen LogP contribution >= 0.6 is 11.8 Å². The molecule has 0 saturated carbocycles. The lowest BCUT2D eigenvalue weighted by Gasteiger charge is -2.11. The average molecular weight is 433 g/mol. The molecule has 3 aromatic carbocycles. The van der Waals surface area contributed by atoms with Gasteiger partial charge in [-0.3, -0.25) is 9.36 Å². The first-order valence-corrected chi connectivity index (χ1v) is 10.8. The van der Waals surface area contributed by atoms with Crippen LogP contribution in [0.1, 0.15) is 11.1 Å². The van der Waals surface area contributed by atoms with E-state index < -0.39 is 0 Å². The number of anilines is 1. The minimum absolute atomic E-state index is 0.148. The number of thioether (sulfide) groups is 1. The largest absolute Gasteiger partial charge is 0.325 e. The lowest BCUT2D eigenvalue weighted by atomic mass is 10.2. The highest BCUT2D eigenvalue weighted by Crippen LogP contribution is 2.29. The van der Waals surface area contributed by atoms with Gasteiger partial charge in [0.15, 0.2) is 11.0 Å². The van der Waals surface area contributed by atoms with Gasteiger partial charge in [-0.2, -0.15) is 0 Å². The predicted octanol–water partition coefficient (Wildman–Crippen LogP) is 5.42. The van der Waals surface area contributed by atoms with E-state index >= 15 is 0 Å². The second-order valence-electron chi connectivity index (χ2n) is 7.16. The smallest absolute Gasteiger partial charge is 0.234 e. The van der Waals surface area contributed by atoms with Crippen molar-refractivity contribution in [3.05, 3.63) is 89.7 Å². The van der Waals surface area contributed by atoms with E-state index in [1.165, 1.54) is 17.8 Å². The lowest BCUT2D eigenvalue weighted by Crippen LogP contribution is -2.14. The molecule has 31 heavy (non-hydrogen) atoms. The number of nitrogens with zero attached hydrogens (tertiary/aromatic N) is 3. The summed E-state index contributed by atoms with van der Waals surface area (Å²) >= 11 is 1.25. The number of carbonyl (C=O) groups excluding carboxylic acids is 1. The summed E-state index contributed by atoms with van der Waals surface area (Å²) in [6.45, 7) is 3.97. The van der Waals surface area contributed by atoms with Crippen LogP contribution in [-0.4, -0.2) is 26.4 Å². The zero-order chi connectivity index (χ0) is 21.8. The van der Waals surface area contributed by atoms with E-state index in [0.717, 1.165) is 22.5 Å². The van der Waals surface area contributed by atoms with E-state index in [9.17, 15) is 9.18 Å². The van der Waals surface area contributed by atoms with Crippen LogP contribution in [0.15, 0.2) is 78.0 Å². The van der Waals surface area contributed by atoms with Gasteiger partial charge in [0.2, 0.25) is 5.91 Å². The van der Waals surface area contributed by atoms with Gasteiger partial charge in [0, 0.05) is 11.4 Å². The maximum Gasteiger partial charge on any atom is 0.234 e. The average Bonchev–Trinajstić information content (AvgIpc) is 3.17. The molecule has 5 nitrogen and oxygen atoms in total. The SMILES string of the molecule is Cc1ccc(-n2c(SCC(=O)Nc3cccc(C)c3)nnc2-c2ccccc2F)cc1. The summed E-state index contributed by atoms with van der Waals surface area (Å²) in [7, 11) is 0. The second-order valence-corrected chi connectivity index (χ2v) is 8.11. The highest BCUT2D eigenvalue weighted by molar-refractivity contribution is 7.99. The highest BCUT2D eigenvalue weighted by atomic mass is 32.2. The Morgan fingerprint density at radius 3 is 2.48 bits per heavy atom. The van der Waals surface area contributed by atoms with E-state index in [1.54, 1.807) is 22.8 Å². The molecule has 156 valence electrons. The fourth-order valence-electron chi connectivity index (χ4n) is 3.16. The van der Waals surface area contributed by atoms with Gasteiger partial charge in [-0.25, -0.2) is 4.39 Å². The number of aryl methyl sites for hydroxylation is 2. The van der Waals surface area contributed by atoms with Gasteiger partial charge in [-0.05, 0) is 55.8 Å². The summed E-state index contributed by atoms with van der Waals surface area (Å²) in [5.41, 5.74) is 4.08. The standard InChI is InChI=1S/C24H21FN4OS/c1-16-10-12-19(13-11-16)29-23(20-8-3-4-9-21(20)25)27-28-24(29)31-15-22(30)26-18-7-5-6-17(2)14-18/h3-14H,15H2,1-2H3,(H,26,30). The first-order chi connectivity index (χ1) is 15.0. The Balaban J connectivity index is 1.62. The highest BCUT2D eigenvalue weighted by Gasteiger charge is 2.19. The van der Waals surface area contributed by atoms with E-state index in [2.05, 4.69) is 15.5 Å². The normalized spacial score (nSPS) is 10.8. The van der Waals surface area contributed by atoms with Crippen molar-refractivity contribution >= 4 is 23.4 Å². The van der Waals surface area contributed by atoms with Crippen LogP contribution in [-0.2, 0) is 4.79 Å². The second kappa shape index (κ2) is 9.14. The zero-order valence-electron chi connectivity index (χ0n) is 17.2. The van der Waals surface area contributed by atoms with Gasteiger partial charge < -0.3 is 5.32 Å². The fraction of sp³-hybridized carbons (Fsp3) is 0.125. The van der Waals surface area contributed by atoms with Crippen LogP contribution in [0.4, 0.5) is 10.1 Å². The third-order valence-electron chi connectivity index (χ3n) is 4.67. The maximum atomic E-state index is 14.5. The fourth-order valence-corrected chi connectivity index (χ4v) is 3.91. The van der Waals surface area contributed by atoms with E-state index in [4.69, 9.17) is 0 Å². The summed E-state index contributed by atoms with van der Waals surface area (Å²) in [6, 6.07) is 21.9. The molecule has 4 aromatic rings. The Hall–Kier alpha value is -3.45. The zero-order valence-corrected chi connectivity index (χ0v) is 18.0. The van der Waals surface area contributed by atoms with Crippen molar-refractivity contribution in [2.75, 3.05) is 11.1 Å². The molecule has 7 heteroatoms. The van der Waals surface area contributed by atoms with Crippen molar-refractivity contribution < 1.29 is 9.18 Å². The molecule has 0 spiro atoms. The third kappa shape index (κ3) is 4.83. The van der Waals surface area contributed by atoms with E-state index in [1.807, 2.05) is 62.4 Å². The Morgan fingerprint density at radius 1 is 0.968 bits per heavy atom. The summed E-state index contributed by atoms with van der Waals surface area (Å²) in [4.78, 5) is 12.5. The molecule has 0 aliphatic carbocycles. The number of amides is 1. The van der Waals surface area contributed by atoms with Crippen LogP contribution in [0.5, 0.6) is 0 Å². The third-order valence-corrected chi connectivity index (χ3v) is 5.60. The topological polar surface area (TPSA) is 59.8 Å². The molecule has 0 radical (unpaired) electrons. The minimum atomic E-state index is -0.378. The van der Waals surface area contributed by atoms with E-state index in [0.29, 0.717) is 16.5 Å². The summed E-state index contributed by atoms with van der Waals surface area (Å²) < 4.78 is 16.3. The van der Waals surface area contributed by atoms with Crippen molar-refractivity contribution in [1.82, 2.24) is 14.8 Å². The summed E-state index contributed by atoms with van der Waals surface area (Å²) in [5.74, 6) is 0.0110. The van der Waals surface area contributed by atoms with Crippen molar-refractivity contribution in [1.29, 1.82) is 0 Å². The first-order valence-electron chi connectivity index (χ1n) is 9.78. The van der Waals surface area contributed by atoms with Crippen LogP contribution in [0.25, 0.3) is 17.1 Å². The molecular formula is C24H21FN4OS. The molecule has 0 aliphatic heterocycles. The molecule has 1 aromatic heterocycles. The Kier molecular flexibility index (Phi) is 6.13. The number of carbonyl (C=O) groups is 1. The summed E-state index contributed by atoms with van der Waals surface area (Å²) in [6.07, 6.45) is 0. The van der Waals surface area contributed by atoms with Crippen molar-refractivity contribution in [3.63, 3.8) is 0 Å². The van der Waals surface area contributed by atoms with Crippen LogP contribution < -0.4 is 5.32 Å². The molecule has 0 atom stereocenters. The Labute approximate surface area is 184 Å². The van der Waals surface area contributed by atoms with Gasteiger partial charge in [0.05, 0.1) is 11.3 Å². The number of benzene rings is 3. The number of rotatable bonds is 6. The number of hydrogen-bond acceptors (Lipinski definition) is 4. The Bertz CT molecular complexity index is 1220. The van der Waals surface area contributed by atoms with Gasteiger partial charge in [0.25, 0.3) is 0 Å². The first kappa shape index (κ1) is 20.8. The van der Waals surface area contributed by atoms with Gasteiger partial charge in [0.1, 0.15) is 5.82 Å². The van der Waals surface area contributed by atoms with Gasteiger partial charge in [-0.1, -0.05) is 53.7 Å². The predicted molar refractivity (Wildman–Crippen MR) is 122 cm³/mol. The maximum absolute atomic E-state index is 14.5. The van der Waals surface area contributed by atoms with Crippen LogP contribution in [0.3, 0.4) is 0 Å². The minimum Gasteiger partial charge on any atom is -0.325 e. The van der Waals surface area contributed by atoms with Crippen LogP contribution in [0, 0.1) is 19.7 Å².